The highest BCUT2D eigenvalue weighted by atomic mass is 35.5. The topological polar surface area (TPSA) is 111 Å². The van der Waals surface area contributed by atoms with Crippen molar-refractivity contribution in [3.63, 3.8) is 0 Å². The van der Waals surface area contributed by atoms with Crippen molar-refractivity contribution >= 4 is 23.3 Å². The van der Waals surface area contributed by atoms with Crippen LogP contribution in [-0.2, 0) is 22.6 Å². The minimum atomic E-state index is -0.860. The van der Waals surface area contributed by atoms with Crippen LogP contribution in [0.25, 0.3) is 0 Å². The van der Waals surface area contributed by atoms with Crippen molar-refractivity contribution in [3.8, 4) is 11.8 Å². The smallest absolute Gasteiger partial charge is 0.334 e. The predicted octanol–water partition coefficient (Wildman–Crippen LogP) is 2.57. The first kappa shape index (κ1) is 24.8. The number of methoxy groups -OCH3 is 1. The summed E-state index contributed by atoms with van der Waals surface area (Å²) < 4.78 is 12.3. The maximum atomic E-state index is 13.3. The van der Waals surface area contributed by atoms with Crippen LogP contribution < -0.4 is 21.2 Å². The van der Waals surface area contributed by atoms with Gasteiger partial charge in [0.25, 0.3) is 0 Å². The molecule has 0 aliphatic carbocycles. The summed E-state index contributed by atoms with van der Waals surface area (Å²) >= 11 is 5.97. The van der Waals surface area contributed by atoms with Gasteiger partial charge in [-0.05, 0) is 55.8 Å². The molecule has 0 aliphatic heterocycles. The molecule has 9 nitrogen and oxygen atoms in total. The number of rotatable bonds is 8. The molecule has 0 aliphatic rings. The van der Waals surface area contributed by atoms with Crippen LogP contribution in [0.2, 0.25) is 5.02 Å². The molecule has 0 N–H and O–H groups in total. The number of carbonyl (C=O) groups is 1. The summed E-state index contributed by atoms with van der Waals surface area (Å²) in [4.78, 5) is 33.4. The van der Waals surface area contributed by atoms with Gasteiger partial charge >= 0.3 is 11.7 Å². The molecule has 34 heavy (non-hydrogen) atoms. The molecule has 3 aromatic rings. The minimum Gasteiger partial charge on any atom is -0.846 e. The third kappa shape index (κ3) is 6.14. The lowest BCUT2D eigenvalue weighted by molar-refractivity contribution is -0.287. The number of nitrogens with zero attached hydrogens (tertiary/aromatic N) is 4. The van der Waals surface area contributed by atoms with E-state index in [2.05, 4.69) is 21.3 Å². The Morgan fingerprint density at radius 3 is 2.38 bits per heavy atom. The van der Waals surface area contributed by atoms with Gasteiger partial charge in [-0.2, -0.15) is 0 Å². The third-order valence-electron chi connectivity index (χ3n) is 4.64. The van der Waals surface area contributed by atoms with E-state index >= 15 is 0 Å². The highest BCUT2D eigenvalue weighted by Gasteiger charge is 2.13. The number of carbonyl (C=O) groups excluding carboxylic acids is 1. The molecule has 0 unspecified atom stereocenters. The first-order valence-corrected chi connectivity index (χ1v) is 10.8. The molecule has 3 rings (SSSR count). The fraction of sp³-hybridized carbons (Fsp3) is 0.250. The second kappa shape index (κ2) is 10.8. The van der Waals surface area contributed by atoms with Crippen molar-refractivity contribution < 1.29 is 19.4 Å². The number of hydrogen-bond acceptors (Lipinski definition) is 7. The Balaban J connectivity index is 2.11. The molecule has 10 heteroatoms. The van der Waals surface area contributed by atoms with Gasteiger partial charge in [0.1, 0.15) is 5.75 Å². The standard InChI is InChI=1S/C24H25ClN4O5/c1-15(2)34-20-11-9-19(10-12-20)26-22-27-23(31)29(13-16(3)21(30)33-4)24(32)28(22)14-17-5-7-18(25)8-6-17/h5-12,15H,3,13-14H2,1-2,4H3,(H,26,27,31)/p-1. The van der Waals surface area contributed by atoms with Crippen molar-refractivity contribution in [3.05, 3.63) is 87.4 Å². The average Bonchev–Trinajstić information content (AvgIpc) is 2.80. The number of esters is 1. The molecule has 2 aromatic carbocycles. The quantitative estimate of drug-likeness (QED) is 0.359. The van der Waals surface area contributed by atoms with Crippen LogP contribution >= 0.6 is 11.6 Å². The molecule has 0 radical (unpaired) electrons. The first-order chi connectivity index (χ1) is 16.2. The second-order valence-electron chi connectivity index (χ2n) is 7.64. The van der Waals surface area contributed by atoms with E-state index in [1.165, 1.54) is 11.7 Å². The van der Waals surface area contributed by atoms with E-state index in [4.69, 9.17) is 16.3 Å². The summed E-state index contributed by atoms with van der Waals surface area (Å²) in [6.45, 7) is 7.13. The van der Waals surface area contributed by atoms with Gasteiger partial charge in [0.2, 0.25) is 5.62 Å². The van der Waals surface area contributed by atoms with E-state index in [1.807, 2.05) is 13.8 Å². The highest BCUT2D eigenvalue weighted by molar-refractivity contribution is 6.30. The van der Waals surface area contributed by atoms with Crippen molar-refractivity contribution in [2.45, 2.75) is 33.0 Å². The molecule has 0 saturated carbocycles. The second-order valence-corrected chi connectivity index (χ2v) is 8.08. The number of hydrogen-bond donors (Lipinski definition) is 0. The lowest BCUT2D eigenvalue weighted by Gasteiger charge is -2.18. The van der Waals surface area contributed by atoms with Gasteiger partial charge in [0.15, 0.2) is 0 Å². The summed E-state index contributed by atoms with van der Waals surface area (Å²) in [6.07, 6.45) is 0.0151. The van der Waals surface area contributed by atoms with Crippen LogP contribution in [0.5, 0.6) is 11.8 Å². The number of halogens is 1. The van der Waals surface area contributed by atoms with Crippen LogP contribution in [0.1, 0.15) is 19.4 Å². The number of aromatic nitrogens is 3. The van der Waals surface area contributed by atoms with Crippen molar-refractivity contribution in [2.75, 3.05) is 7.11 Å². The van der Waals surface area contributed by atoms with Gasteiger partial charge in [0, 0.05) is 10.6 Å². The highest BCUT2D eigenvalue weighted by Crippen LogP contribution is 2.18. The summed E-state index contributed by atoms with van der Waals surface area (Å²) in [5, 5.41) is 13.2. The molecule has 1 heterocycles. The summed E-state index contributed by atoms with van der Waals surface area (Å²) in [7, 11) is 1.19. The average molecular weight is 484 g/mol. The van der Waals surface area contributed by atoms with Gasteiger partial charge in [-0.3, -0.25) is 9.13 Å². The van der Waals surface area contributed by atoms with Crippen LogP contribution in [-0.4, -0.2) is 33.3 Å². The Hall–Kier alpha value is -3.85. The lowest BCUT2D eigenvalue weighted by atomic mass is 10.2. The minimum absolute atomic E-state index is 0.0151. The Labute approximate surface area is 201 Å². The van der Waals surface area contributed by atoms with Gasteiger partial charge in [-0.25, -0.2) is 19.6 Å². The van der Waals surface area contributed by atoms with E-state index in [0.717, 1.165) is 10.1 Å². The zero-order valence-electron chi connectivity index (χ0n) is 19.0. The molecule has 0 saturated heterocycles. The predicted molar refractivity (Wildman–Crippen MR) is 125 cm³/mol. The third-order valence-corrected chi connectivity index (χ3v) is 4.90. The summed E-state index contributed by atoms with van der Waals surface area (Å²) in [5.74, 6) is -0.0646. The maximum absolute atomic E-state index is 13.3. The van der Waals surface area contributed by atoms with E-state index in [1.54, 1.807) is 48.5 Å². The Kier molecular flexibility index (Phi) is 7.91. The fourth-order valence-electron chi connectivity index (χ4n) is 3.04. The van der Waals surface area contributed by atoms with Crippen LogP contribution in [0, 0.1) is 0 Å². The van der Waals surface area contributed by atoms with Crippen LogP contribution in [0.3, 0.4) is 0 Å². The van der Waals surface area contributed by atoms with E-state index in [0.29, 0.717) is 16.5 Å². The van der Waals surface area contributed by atoms with Gasteiger partial charge in [-0.15, -0.1) is 0 Å². The summed E-state index contributed by atoms with van der Waals surface area (Å²) in [5.41, 5.74) is 0.374. The Bertz CT molecular complexity index is 1310. The van der Waals surface area contributed by atoms with Crippen molar-refractivity contribution in [1.29, 1.82) is 0 Å². The molecular formula is C24H24ClN4O5-. The molecule has 178 valence electrons. The Morgan fingerprint density at radius 2 is 1.79 bits per heavy atom. The van der Waals surface area contributed by atoms with Crippen LogP contribution in [0.15, 0.2) is 70.5 Å². The SMILES string of the molecule is C=C(Cn1c([O-])nc(=Nc2ccc(OC(C)C)cc2)n(Cc2ccc(Cl)cc2)c1=O)C(=O)OC. The fourth-order valence-corrected chi connectivity index (χ4v) is 3.16. The zero-order valence-corrected chi connectivity index (χ0v) is 19.8. The Morgan fingerprint density at radius 1 is 1.15 bits per heavy atom. The van der Waals surface area contributed by atoms with E-state index < -0.39 is 17.7 Å². The number of ether oxygens (including phenoxy) is 2. The molecule has 0 spiro atoms. The molecular weight excluding hydrogens is 460 g/mol. The monoisotopic (exact) mass is 483 g/mol. The molecule has 0 bridgehead atoms. The van der Waals surface area contributed by atoms with E-state index in [9.17, 15) is 14.7 Å². The van der Waals surface area contributed by atoms with Gasteiger partial charge in [0.05, 0.1) is 38.0 Å². The van der Waals surface area contributed by atoms with Gasteiger partial charge < -0.3 is 14.6 Å². The van der Waals surface area contributed by atoms with E-state index in [-0.39, 0.29) is 30.4 Å². The normalized spacial score (nSPS) is 11.5. The largest absolute Gasteiger partial charge is 0.846 e. The molecule has 0 fully saturated rings. The molecule has 1 aromatic heterocycles. The van der Waals surface area contributed by atoms with Gasteiger partial charge in [-0.1, -0.05) is 30.3 Å². The first-order valence-electron chi connectivity index (χ1n) is 10.4. The van der Waals surface area contributed by atoms with Crippen molar-refractivity contribution in [2.24, 2.45) is 4.99 Å². The lowest BCUT2D eigenvalue weighted by Crippen LogP contribution is -2.44. The zero-order chi connectivity index (χ0) is 24.8. The van der Waals surface area contributed by atoms with Crippen molar-refractivity contribution in [1.82, 2.24) is 14.1 Å². The maximum Gasteiger partial charge on any atom is 0.334 e. The molecule has 0 amide bonds. The summed E-state index contributed by atoms with van der Waals surface area (Å²) in [6, 6.07) is 12.9. The van der Waals surface area contributed by atoms with Crippen LogP contribution in [0.4, 0.5) is 5.69 Å². The number of benzene rings is 2. The molecule has 0 atom stereocenters.